The molecule has 1 aliphatic carbocycles. The van der Waals surface area contributed by atoms with Crippen LogP contribution in [-0.4, -0.2) is 30.7 Å². The van der Waals surface area contributed by atoms with Gasteiger partial charge in [0.25, 0.3) is 0 Å². The normalized spacial score (nSPS) is 22.6. The summed E-state index contributed by atoms with van der Waals surface area (Å²) in [6.07, 6.45) is 5.35. The van der Waals surface area contributed by atoms with Crippen LogP contribution in [0.4, 0.5) is 11.6 Å². The number of hydrogen-bond donors (Lipinski definition) is 2. The van der Waals surface area contributed by atoms with Gasteiger partial charge >= 0.3 is 0 Å². The van der Waals surface area contributed by atoms with E-state index >= 15 is 0 Å². The minimum atomic E-state index is 0.436. The fourth-order valence-corrected chi connectivity index (χ4v) is 2.69. The number of anilines is 2. The second-order valence-corrected chi connectivity index (χ2v) is 5.74. The van der Waals surface area contributed by atoms with Gasteiger partial charge in [-0.25, -0.2) is 9.97 Å². The van der Waals surface area contributed by atoms with Gasteiger partial charge in [-0.3, -0.25) is 0 Å². The number of methoxy groups -OCH3 is 1. The van der Waals surface area contributed by atoms with E-state index in [1.165, 1.54) is 25.7 Å². The summed E-state index contributed by atoms with van der Waals surface area (Å²) >= 11 is 0. The summed E-state index contributed by atoms with van der Waals surface area (Å²) in [6, 6.07) is 1.95. The van der Waals surface area contributed by atoms with E-state index in [9.17, 15) is 0 Å². The van der Waals surface area contributed by atoms with E-state index in [4.69, 9.17) is 4.74 Å². The lowest BCUT2D eigenvalue weighted by molar-refractivity contribution is 0.178. The van der Waals surface area contributed by atoms with Gasteiger partial charge in [-0.1, -0.05) is 19.8 Å². The lowest BCUT2D eigenvalue weighted by Crippen LogP contribution is -2.21. The first-order valence-electron chi connectivity index (χ1n) is 7.49. The molecule has 0 spiro atoms. The van der Waals surface area contributed by atoms with Gasteiger partial charge in [-0.05, 0) is 24.7 Å². The maximum Gasteiger partial charge on any atom is 0.158 e. The van der Waals surface area contributed by atoms with Gasteiger partial charge in [0.1, 0.15) is 18.2 Å². The van der Waals surface area contributed by atoms with Crippen molar-refractivity contribution in [2.75, 3.05) is 31.3 Å². The predicted octanol–water partition coefficient (Wildman–Crippen LogP) is 2.90. The molecule has 1 aromatic rings. The van der Waals surface area contributed by atoms with Crippen LogP contribution < -0.4 is 10.6 Å². The zero-order valence-corrected chi connectivity index (χ0v) is 12.8. The van der Waals surface area contributed by atoms with Crippen molar-refractivity contribution in [2.24, 2.45) is 11.8 Å². The number of ether oxygens (including phenoxy) is 1. The third-order valence-electron chi connectivity index (χ3n) is 4.01. The molecule has 1 fully saturated rings. The van der Waals surface area contributed by atoms with E-state index in [-0.39, 0.29) is 0 Å². The second-order valence-electron chi connectivity index (χ2n) is 5.74. The molecule has 20 heavy (non-hydrogen) atoms. The van der Waals surface area contributed by atoms with Crippen LogP contribution in [0.5, 0.6) is 0 Å². The third-order valence-corrected chi connectivity index (χ3v) is 4.01. The molecule has 2 rings (SSSR count). The van der Waals surface area contributed by atoms with Crippen LogP contribution in [0.1, 0.15) is 38.4 Å². The van der Waals surface area contributed by atoms with E-state index in [1.54, 1.807) is 7.11 Å². The first-order chi connectivity index (χ1) is 9.71. The van der Waals surface area contributed by atoms with E-state index < -0.39 is 0 Å². The zero-order chi connectivity index (χ0) is 14.4. The SMILES string of the molecule is CNc1cc(NCC2CCC(C)CC2)nc(COC)n1. The number of aromatic nitrogens is 2. The Morgan fingerprint density at radius 3 is 2.55 bits per heavy atom. The van der Waals surface area contributed by atoms with Crippen LogP contribution in [0.2, 0.25) is 0 Å². The maximum absolute atomic E-state index is 5.11. The van der Waals surface area contributed by atoms with Crippen molar-refractivity contribution >= 4 is 11.6 Å². The van der Waals surface area contributed by atoms with Crippen LogP contribution in [0.15, 0.2) is 6.07 Å². The van der Waals surface area contributed by atoms with Gasteiger partial charge in [-0.2, -0.15) is 0 Å². The Morgan fingerprint density at radius 2 is 1.90 bits per heavy atom. The van der Waals surface area contributed by atoms with Crippen molar-refractivity contribution in [1.29, 1.82) is 0 Å². The van der Waals surface area contributed by atoms with E-state index in [0.29, 0.717) is 12.4 Å². The highest BCUT2D eigenvalue weighted by molar-refractivity contribution is 5.47. The molecule has 1 aromatic heterocycles. The molecule has 0 aliphatic heterocycles. The average molecular weight is 278 g/mol. The maximum atomic E-state index is 5.11. The molecule has 5 heteroatoms. The molecule has 0 amide bonds. The first-order valence-corrected chi connectivity index (χ1v) is 7.49. The summed E-state index contributed by atoms with van der Waals surface area (Å²) in [5, 5.41) is 6.52. The summed E-state index contributed by atoms with van der Waals surface area (Å²) in [6.45, 7) is 3.79. The summed E-state index contributed by atoms with van der Waals surface area (Å²) in [5.74, 6) is 4.08. The Kier molecular flexibility index (Phi) is 5.59. The Morgan fingerprint density at radius 1 is 1.20 bits per heavy atom. The van der Waals surface area contributed by atoms with Crippen LogP contribution in [0.3, 0.4) is 0 Å². The fraction of sp³-hybridized carbons (Fsp3) is 0.733. The van der Waals surface area contributed by atoms with Crippen molar-refractivity contribution in [3.63, 3.8) is 0 Å². The molecule has 0 saturated heterocycles. The molecule has 0 atom stereocenters. The van der Waals surface area contributed by atoms with Gasteiger partial charge in [0.2, 0.25) is 0 Å². The van der Waals surface area contributed by atoms with Gasteiger partial charge in [-0.15, -0.1) is 0 Å². The molecule has 0 bridgehead atoms. The number of nitrogens with one attached hydrogen (secondary N) is 2. The molecular weight excluding hydrogens is 252 g/mol. The molecule has 1 aliphatic rings. The van der Waals surface area contributed by atoms with Crippen molar-refractivity contribution in [3.05, 3.63) is 11.9 Å². The largest absolute Gasteiger partial charge is 0.377 e. The number of nitrogens with zero attached hydrogens (tertiary/aromatic N) is 2. The summed E-state index contributed by atoms with van der Waals surface area (Å²) < 4.78 is 5.11. The highest BCUT2D eigenvalue weighted by atomic mass is 16.5. The molecule has 1 heterocycles. The average Bonchev–Trinajstić information content (AvgIpc) is 2.47. The zero-order valence-electron chi connectivity index (χ0n) is 12.8. The molecular formula is C15H26N4O. The highest BCUT2D eigenvalue weighted by Gasteiger charge is 2.18. The van der Waals surface area contributed by atoms with Gasteiger partial charge in [0.15, 0.2) is 5.82 Å². The quantitative estimate of drug-likeness (QED) is 0.838. The Balaban J connectivity index is 1.92. The smallest absolute Gasteiger partial charge is 0.158 e. The summed E-state index contributed by atoms with van der Waals surface area (Å²) in [5.41, 5.74) is 0. The molecule has 0 unspecified atom stereocenters. The first kappa shape index (κ1) is 15.0. The lowest BCUT2D eigenvalue weighted by atomic mass is 9.83. The van der Waals surface area contributed by atoms with Crippen LogP contribution in [-0.2, 0) is 11.3 Å². The van der Waals surface area contributed by atoms with Crippen LogP contribution in [0.25, 0.3) is 0 Å². The predicted molar refractivity (Wildman–Crippen MR) is 81.9 cm³/mol. The van der Waals surface area contributed by atoms with Crippen molar-refractivity contribution in [3.8, 4) is 0 Å². The molecule has 2 N–H and O–H groups in total. The second kappa shape index (κ2) is 7.43. The van der Waals surface area contributed by atoms with Crippen LogP contribution in [0, 0.1) is 11.8 Å². The van der Waals surface area contributed by atoms with Crippen molar-refractivity contribution in [1.82, 2.24) is 9.97 Å². The van der Waals surface area contributed by atoms with Crippen LogP contribution >= 0.6 is 0 Å². The number of rotatable bonds is 6. The minimum Gasteiger partial charge on any atom is -0.377 e. The Labute approximate surface area is 121 Å². The third kappa shape index (κ3) is 4.34. The molecule has 0 radical (unpaired) electrons. The molecule has 5 nitrogen and oxygen atoms in total. The summed E-state index contributed by atoms with van der Waals surface area (Å²) in [7, 11) is 3.52. The molecule has 112 valence electrons. The summed E-state index contributed by atoms with van der Waals surface area (Å²) in [4.78, 5) is 8.84. The van der Waals surface area contributed by atoms with Gasteiger partial charge in [0.05, 0.1) is 0 Å². The van der Waals surface area contributed by atoms with Crippen molar-refractivity contribution < 1.29 is 4.74 Å². The monoisotopic (exact) mass is 278 g/mol. The molecule has 0 aromatic carbocycles. The standard InChI is InChI=1S/C15H26N4O/c1-11-4-6-12(7-5-11)9-17-14-8-13(16-2)18-15(19-14)10-20-3/h8,11-12H,4-7,9-10H2,1-3H3,(H2,16,17,18,19). The van der Waals surface area contributed by atoms with Crippen molar-refractivity contribution in [2.45, 2.75) is 39.2 Å². The van der Waals surface area contributed by atoms with E-state index in [0.717, 1.165) is 30.0 Å². The van der Waals surface area contributed by atoms with E-state index in [2.05, 4.69) is 27.5 Å². The molecule has 1 saturated carbocycles. The van der Waals surface area contributed by atoms with Gasteiger partial charge < -0.3 is 15.4 Å². The topological polar surface area (TPSA) is 59.1 Å². The highest BCUT2D eigenvalue weighted by Crippen LogP contribution is 2.28. The lowest BCUT2D eigenvalue weighted by Gasteiger charge is -2.26. The van der Waals surface area contributed by atoms with Gasteiger partial charge in [0, 0.05) is 26.8 Å². The van der Waals surface area contributed by atoms with E-state index in [1.807, 2.05) is 13.1 Å². The fourth-order valence-electron chi connectivity index (χ4n) is 2.69. The Bertz CT molecular complexity index is 416. The number of hydrogen-bond acceptors (Lipinski definition) is 5. The Hall–Kier alpha value is -1.36. The minimum absolute atomic E-state index is 0.436.